The molecule has 148 valence electrons. The second-order valence-corrected chi connectivity index (χ2v) is 8.14. The van der Waals surface area contributed by atoms with Crippen LogP contribution in [-0.4, -0.2) is 0 Å². The highest BCUT2D eigenvalue weighted by molar-refractivity contribution is 5.71. The third-order valence-corrected chi connectivity index (χ3v) is 6.06. The van der Waals surface area contributed by atoms with Gasteiger partial charge in [-0.1, -0.05) is 93.4 Å². The van der Waals surface area contributed by atoms with Gasteiger partial charge in [0.2, 0.25) is 0 Å². The molecule has 1 fully saturated rings. The first-order valence-corrected chi connectivity index (χ1v) is 10.1. The molecule has 4 rings (SSSR count). The molecule has 0 nitrogen and oxygen atoms in total. The minimum Gasteiger partial charge on any atom is -0.206 e. The van der Waals surface area contributed by atoms with Crippen LogP contribution < -0.4 is 0 Å². The second-order valence-electron chi connectivity index (χ2n) is 8.14. The minimum atomic E-state index is -0.103. The van der Waals surface area contributed by atoms with Crippen LogP contribution in [0, 0.1) is 18.7 Å². The molecular formula is C27H33F. The first-order chi connectivity index (χ1) is 13.1. The van der Waals surface area contributed by atoms with E-state index in [0.29, 0.717) is 11.5 Å². The molecule has 0 radical (unpaired) electrons. The summed E-state index contributed by atoms with van der Waals surface area (Å²) in [6.07, 6.45) is 4.89. The van der Waals surface area contributed by atoms with Crippen LogP contribution in [0.25, 0.3) is 22.3 Å². The van der Waals surface area contributed by atoms with Crippen molar-refractivity contribution in [1.82, 2.24) is 0 Å². The van der Waals surface area contributed by atoms with E-state index in [2.05, 4.69) is 56.3 Å². The predicted octanol–water partition coefficient (Wildman–Crippen LogP) is 8.64. The third-order valence-electron chi connectivity index (χ3n) is 6.06. The quantitative estimate of drug-likeness (QED) is 0.429. The Kier molecular flexibility index (Phi) is 6.34. The fourth-order valence-electron chi connectivity index (χ4n) is 4.20. The van der Waals surface area contributed by atoms with Crippen molar-refractivity contribution in [3.63, 3.8) is 0 Å². The molecule has 3 aromatic rings. The Labute approximate surface area is 170 Å². The van der Waals surface area contributed by atoms with Gasteiger partial charge in [0.15, 0.2) is 0 Å². The van der Waals surface area contributed by atoms with Crippen LogP contribution in [0.2, 0.25) is 0 Å². The minimum absolute atomic E-state index is 0. The van der Waals surface area contributed by atoms with Gasteiger partial charge in [-0.3, -0.25) is 0 Å². The van der Waals surface area contributed by atoms with Crippen molar-refractivity contribution in [2.75, 3.05) is 0 Å². The van der Waals surface area contributed by atoms with E-state index in [9.17, 15) is 4.39 Å². The fraction of sp³-hybridized carbons (Fsp3) is 0.333. The molecule has 1 aliphatic carbocycles. The molecule has 1 heteroatoms. The number of hydrogen-bond donors (Lipinski definition) is 0. The van der Waals surface area contributed by atoms with Crippen molar-refractivity contribution in [3.05, 3.63) is 83.7 Å². The molecule has 0 heterocycles. The van der Waals surface area contributed by atoms with Crippen LogP contribution in [0.5, 0.6) is 0 Å². The highest BCUT2D eigenvalue weighted by atomic mass is 19.1. The first kappa shape index (κ1) is 20.3. The maximum atomic E-state index is 14.8. The molecular weight excluding hydrogens is 343 g/mol. The van der Waals surface area contributed by atoms with Gasteiger partial charge in [0.05, 0.1) is 0 Å². The zero-order chi connectivity index (χ0) is 18.8. The lowest BCUT2D eigenvalue weighted by atomic mass is 9.79. The molecule has 0 amide bonds. The van der Waals surface area contributed by atoms with Crippen LogP contribution in [0.1, 0.15) is 58.5 Å². The summed E-state index contributed by atoms with van der Waals surface area (Å²) in [6, 6.07) is 22.6. The van der Waals surface area contributed by atoms with E-state index in [1.165, 1.54) is 42.4 Å². The van der Waals surface area contributed by atoms with E-state index in [-0.39, 0.29) is 14.7 Å². The molecule has 0 bridgehead atoms. The average Bonchev–Trinajstić information content (AvgIpc) is 2.69. The van der Waals surface area contributed by atoms with E-state index < -0.39 is 0 Å². The summed E-state index contributed by atoms with van der Waals surface area (Å²) < 4.78 is 14.8. The van der Waals surface area contributed by atoms with Gasteiger partial charge >= 0.3 is 0 Å². The van der Waals surface area contributed by atoms with Gasteiger partial charge in [-0.25, -0.2) is 4.39 Å². The van der Waals surface area contributed by atoms with E-state index in [0.717, 1.165) is 17.0 Å². The summed E-state index contributed by atoms with van der Waals surface area (Å²) in [5.41, 5.74) is 6.40. The molecule has 1 aliphatic rings. The maximum Gasteiger partial charge on any atom is 0.131 e. The van der Waals surface area contributed by atoms with Gasteiger partial charge in [-0.15, -0.1) is 0 Å². The van der Waals surface area contributed by atoms with Crippen molar-refractivity contribution < 1.29 is 5.82 Å². The van der Waals surface area contributed by atoms with Crippen LogP contribution in [0.4, 0.5) is 4.39 Å². The normalized spacial score (nSPS) is 19.1. The molecule has 0 atom stereocenters. The van der Waals surface area contributed by atoms with Crippen LogP contribution in [0.15, 0.2) is 66.7 Å². The Morgan fingerprint density at radius 1 is 0.750 bits per heavy atom. The van der Waals surface area contributed by atoms with Crippen molar-refractivity contribution in [1.29, 1.82) is 0 Å². The molecule has 0 saturated heterocycles. The highest BCUT2D eigenvalue weighted by Crippen LogP contribution is 2.37. The van der Waals surface area contributed by atoms with Gasteiger partial charge in [0, 0.05) is 6.99 Å². The molecule has 0 N–H and O–H groups in total. The summed E-state index contributed by atoms with van der Waals surface area (Å²) in [4.78, 5) is 0. The van der Waals surface area contributed by atoms with E-state index in [4.69, 9.17) is 0 Å². The molecule has 0 aliphatic heterocycles. The zero-order valence-corrected chi connectivity index (χ0v) is 16.2. The molecule has 1 saturated carbocycles. The Balaban J connectivity index is 0.00000150. The monoisotopic (exact) mass is 376 g/mol. The Morgan fingerprint density at radius 3 is 1.86 bits per heavy atom. The average molecular weight is 377 g/mol. The van der Waals surface area contributed by atoms with E-state index in [1.807, 2.05) is 18.2 Å². The lowest BCUT2D eigenvalue weighted by molar-refractivity contribution is 0.347. The fourth-order valence-corrected chi connectivity index (χ4v) is 4.20. The number of halogens is 1. The lowest BCUT2D eigenvalue weighted by Crippen LogP contribution is -2.11. The number of rotatable bonds is 3. The summed E-state index contributed by atoms with van der Waals surface area (Å²) in [5, 5.41) is 0. The first-order valence-electron chi connectivity index (χ1n) is 10.1. The molecule has 3 aromatic carbocycles. The summed E-state index contributed by atoms with van der Waals surface area (Å²) in [7, 11) is 0. The summed E-state index contributed by atoms with van der Waals surface area (Å²) in [6.45, 7) is 4.41. The number of benzene rings is 3. The maximum absolute atomic E-state index is 14.8. The second kappa shape index (κ2) is 8.73. The number of aryl methyl sites for hydroxylation is 1. The summed E-state index contributed by atoms with van der Waals surface area (Å²) >= 11 is 0. The van der Waals surface area contributed by atoms with Gasteiger partial charge in [0.1, 0.15) is 5.82 Å². The van der Waals surface area contributed by atoms with Gasteiger partial charge in [-0.05, 0) is 59.9 Å². The Hall–Kier alpha value is -2.41. The topological polar surface area (TPSA) is 0 Å². The zero-order valence-electron chi connectivity index (χ0n) is 16.2. The van der Waals surface area contributed by atoms with Crippen LogP contribution in [0.3, 0.4) is 0 Å². The van der Waals surface area contributed by atoms with Crippen molar-refractivity contribution in [2.45, 2.75) is 52.9 Å². The highest BCUT2D eigenvalue weighted by Gasteiger charge is 2.20. The molecule has 0 aromatic heterocycles. The SMILES string of the molecule is C.Cc1ccc(-c2ccc(-c3ccc(C4CCC(C)CC4)cc3F)cc2)cc1.[HH]. The summed E-state index contributed by atoms with van der Waals surface area (Å²) in [5.74, 6) is 1.24. The van der Waals surface area contributed by atoms with Crippen molar-refractivity contribution in [2.24, 2.45) is 5.92 Å². The number of hydrogen-bond acceptors (Lipinski definition) is 0. The van der Waals surface area contributed by atoms with Crippen LogP contribution in [-0.2, 0) is 0 Å². The Morgan fingerprint density at radius 2 is 1.29 bits per heavy atom. The lowest BCUT2D eigenvalue weighted by Gasteiger charge is -2.26. The van der Waals surface area contributed by atoms with Crippen molar-refractivity contribution in [3.8, 4) is 22.3 Å². The van der Waals surface area contributed by atoms with E-state index in [1.54, 1.807) is 6.07 Å². The Bertz CT molecular complexity index is 904. The third kappa shape index (κ3) is 4.35. The van der Waals surface area contributed by atoms with Crippen molar-refractivity contribution >= 4 is 0 Å². The molecule has 0 spiro atoms. The van der Waals surface area contributed by atoms with Gasteiger partial charge in [0.25, 0.3) is 0 Å². The van der Waals surface area contributed by atoms with Gasteiger partial charge < -0.3 is 0 Å². The van der Waals surface area contributed by atoms with Gasteiger partial charge in [-0.2, -0.15) is 0 Å². The largest absolute Gasteiger partial charge is 0.206 e. The van der Waals surface area contributed by atoms with Crippen LogP contribution >= 0.6 is 0 Å². The predicted molar refractivity (Wildman–Crippen MR) is 121 cm³/mol. The standard InChI is InChI=1S/C26H27F.CH4.H2/c1-18-3-7-20(8-4-18)21-11-13-23(14-12-21)25-16-15-24(17-26(25)27)22-9-5-19(2)6-10-22;;/h3-4,7-8,11-17,19,22H,5-6,9-10H2,1-2H3;1H4;1H. The molecule has 28 heavy (non-hydrogen) atoms. The smallest absolute Gasteiger partial charge is 0.131 e. The molecule has 0 unspecified atom stereocenters. The van der Waals surface area contributed by atoms with E-state index >= 15 is 0 Å².